The van der Waals surface area contributed by atoms with Crippen LogP contribution in [-0.2, 0) is 14.4 Å². The van der Waals surface area contributed by atoms with Crippen LogP contribution in [-0.4, -0.2) is 17.9 Å². The van der Waals surface area contributed by atoms with Crippen LogP contribution in [0.3, 0.4) is 0 Å². The molecule has 0 aliphatic rings. The van der Waals surface area contributed by atoms with Crippen LogP contribution in [0.15, 0.2) is 39.5 Å². The van der Waals surface area contributed by atoms with Gasteiger partial charge < -0.3 is 18.6 Å². The lowest BCUT2D eigenvalue weighted by atomic mass is 10.1. The van der Waals surface area contributed by atoms with E-state index >= 15 is 0 Å². The summed E-state index contributed by atoms with van der Waals surface area (Å²) in [5, 5.41) is 0.404. The average molecular weight is 412 g/mol. The molecule has 0 N–H and O–H groups in total. The van der Waals surface area contributed by atoms with E-state index in [1.807, 2.05) is 0 Å². The molecule has 0 aliphatic carbocycles. The van der Waals surface area contributed by atoms with Crippen LogP contribution in [0.25, 0.3) is 21.9 Å². The van der Waals surface area contributed by atoms with Crippen molar-refractivity contribution in [3.63, 3.8) is 0 Å². The Hall–Kier alpha value is -3.68. The fourth-order valence-corrected chi connectivity index (χ4v) is 2.66. The highest BCUT2D eigenvalue weighted by Gasteiger charge is 2.18. The van der Waals surface area contributed by atoms with Gasteiger partial charge in [-0.15, -0.1) is 0 Å². The van der Waals surface area contributed by atoms with Crippen molar-refractivity contribution in [1.29, 1.82) is 0 Å². The summed E-state index contributed by atoms with van der Waals surface area (Å²) < 4.78 is 21.4. The van der Waals surface area contributed by atoms with Crippen LogP contribution in [0.1, 0.15) is 40.0 Å². The van der Waals surface area contributed by atoms with Crippen LogP contribution < -0.4 is 19.6 Å². The predicted molar refractivity (Wildman–Crippen MR) is 108 cm³/mol. The Labute approximate surface area is 171 Å². The van der Waals surface area contributed by atoms with Gasteiger partial charge in [-0.1, -0.05) is 20.8 Å². The molecule has 0 radical (unpaired) electrons. The Bertz CT molecular complexity index is 1210. The van der Waals surface area contributed by atoms with Gasteiger partial charge in [-0.25, -0.2) is 0 Å². The number of ether oxygens (including phenoxy) is 3. The molecule has 0 spiro atoms. The molecule has 0 unspecified atom stereocenters. The first-order valence-corrected chi connectivity index (χ1v) is 9.52. The normalized spacial score (nSPS) is 10.8. The van der Waals surface area contributed by atoms with Gasteiger partial charge in [0.2, 0.25) is 5.43 Å². The number of carbonyl (C=O) groups is 3. The van der Waals surface area contributed by atoms with Crippen molar-refractivity contribution >= 4 is 39.8 Å². The number of rotatable bonds is 6. The van der Waals surface area contributed by atoms with Crippen LogP contribution in [0, 0.1) is 0 Å². The molecule has 1 aromatic heterocycles. The largest absolute Gasteiger partial charge is 0.456 e. The Balaban J connectivity index is 2.19. The van der Waals surface area contributed by atoms with Crippen molar-refractivity contribution in [2.24, 2.45) is 0 Å². The summed E-state index contributed by atoms with van der Waals surface area (Å²) in [6.07, 6.45) is 0.406. The molecule has 156 valence electrons. The summed E-state index contributed by atoms with van der Waals surface area (Å²) in [6.45, 7) is 4.90. The van der Waals surface area contributed by atoms with Crippen LogP contribution in [0.2, 0.25) is 0 Å². The molecule has 8 heteroatoms. The third-order valence-electron chi connectivity index (χ3n) is 4.25. The first-order chi connectivity index (χ1) is 14.4. The number of hydrogen-bond acceptors (Lipinski definition) is 8. The molecule has 0 bridgehead atoms. The SMILES string of the molecule is CCC(=O)Oc1ccc2c(=O)c3cc(OC(=O)CC)c(OC(=O)CC)cc3oc2c1. The van der Waals surface area contributed by atoms with Gasteiger partial charge in [0.25, 0.3) is 0 Å². The Kier molecular flexibility index (Phi) is 6.15. The minimum absolute atomic E-state index is 0.0350. The maximum absolute atomic E-state index is 13.0. The van der Waals surface area contributed by atoms with E-state index in [9.17, 15) is 19.2 Å². The zero-order valence-corrected chi connectivity index (χ0v) is 16.8. The topological polar surface area (TPSA) is 109 Å². The standard InChI is InChI=1S/C22H20O8/c1-4-19(23)27-12-7-8-13-15(9-12)28-16-11-18(30-21(25)6-3)17(29-20(24)5-2)10-14(16)22(13)26/h7-11H,4-6H2,1-3H3. The lowest BCUT2D eigenvalue weighted by Gasteiger charge is -2.11. The van der Waals surface area contributed by atoms with Gasteiger partial charge in [-0.3, -0.25) is 19.2 Å². The van der Waals surface area contributed by atoms with Crippen molar-refractivity contribution in [2.45, 2.75) is 40.0 Å². The lowest BCUT2D eigenvalue weighted by Crippen LogP contribution is -2.12. The predicted octanol–water partition coefficient (Wildman–Crippen LogP) is 3.89. The van der Waals surface area contributed by atoms with Gasteiger partial charge in [-0.2, -0.15) is 0 Å². The summed E-state index contributed by atoms with van der Waals surface area (Å²) in [6, 6.07) is 7.06. The summed E-state index contributed by atoms with van der Waals surface area (Å²) in [7, 11) is 0. The Morgan fingerprint density at radius 3 is 1.87 bits per heavy atom. The molecule has 2 aromatic carbocycles. The van der Waals surface area contributed by atoms with Crippen molar-refractivity contribution < 1.29 is 33.0 Å². The summed E-state index contributed by atoms with van der Waals surface area (Å²) in [5.74, 6) is -1.35. The van der Waals surface area contributed by atoms with E-state index in [0.717, 1.165) is 0 Å². The molecule has 8 nitrogen and oxygen atoms in total. The van der Waals surface area contributed by atoms with Gasteiger partial charge >= 0.3 is 17.9 Å². The lowest BCUT2D eigenvalue weighted by molar-refractivity contribution is -0.136. The van der Waals surface area contributed by atoms with Gasteiger partial charge in [0, 0.05) is 31.4 Å². The third-order valence-corrected chi connectivity index (χ3v) is 4.25. The van der Waals surface area contributed by atoms with E-state index in [0.29, 0.717) is 0 Å². The maximum atomic E-state index is 13.0. The van der Waals surface area contributed by atoms with Gasteiger partial charge in [0.05, 0.1) is 10.8 Å². The van der Waals surface area contributed by atoms with E-state index in [2.05, 4.69) is 0 Å². The van der Waals surface area contributed by atoms with Gasteiger partial charge in [0.15, 0.2) is 11.5 Å². The third kappa shape index (κ3) is 4.32. The maximum Gasteiger partial charge on any atom is 0.311 e. The molecule has 0 amide bonds. The summed E-state index contributed by atoms with van der Waals surface area (Å²) >= 11 is 0. The second kappa shape index (κ2) is 8.77. The quantitative estimate of drug-likeness (QED) is 0.341. The fourth-order valence-electron chi connectivity index (χ4n) is 2.66. The molecule has 3 rings (SSSR count). The molecule has 1 heterocycles. The van der Waals surface area contributed by atoms with E-state index in [-0.39, 0.29) is 63.9 Å². The minimum atomic E-state index is -0.546. The van der Waals surface area contributed by atoms with E-state index in [1.165, 1.54) is 30.3 Å². The highest BCUT2D eigenvalue weighted by molar-refractivity contribution is 5.93. The zero-order chi connectivity index (χ0) is 21.8. The molecule has 3 aromatic rings. The second-order valence-corrected chi connectivity index (χ2v) is 6.37. The number of fused-ring (bicyclic) bond motifs is 2. The number of esters is 3. The monoisotopic (exact) mass is 412 g/mol. The minimum Gasteiger partial charge on any atom is -0.456 e. The van der Waals surface area contributed by atoms with Crippen molar-refractivity contribution in [3.05, 3.63) is 40.6 Å². The fraction of sp³-hybridized carbons (Fsp3) is 0.273. The number of hydrogen-bond donors (Lipinski definition) is 0. The first kappa shape index (κ1) is 21.0. The molecule has 0 atom stereocenters. The van der Waals surface area contributed by atoms with Crippen LogP contribution >= 0.6 is 0 Å². The highest BCUT2D eigenvalue weighted by Crippen LogP contribution is 2.34. The van der Waals surface area contributed by atoms with E-state index in [1.54, 1.807) is 20.8 Å². The van der Waals surface area contributed by atoms with E-state index < -0.39 is 17.9 Å². The summed E-state index contributed by atoms with van der Waals surface area (Å²) in [5.41, 5.74) is -0.0524. The van der Waals surface area contributed by atoms with Gasteiger partial charge in [-0.05, 0) is 18.2 Å². The molecular formula is C22H20O8. The molecule has 30 heavy (non-hydrogen) atoms. The zero-order valence-electron chi connectivity index (χ0n) is 16.8. The molecule has 0 saturated heterocycles. The van der Waals surface area contributed by atoms with Crippen molar-refractivity contribution in [3.8, 4) is 17.2 Å². The Morgan fingerprint density at radius 1 is 0.733 bits per heavy atom. The van der Waals surface area contributed by atoms with Crippen molar-refractivity contribution in [1.82, 2.24) is 0 Å². The molecule has 0 aliphatic heterocycles. The first-order valence-electron chi connectivity index (χ1n) is 9.52. The van der Waals surface area contributed by atoms with Crippen molar-refractivity contribution in [2.75, 3.05) is 0 Å². The average Bonchev–Trinajstić information content (AvgIpc) is 2.74. The van der Waals surface area contributed by atoms with Crippen LogP contribution in [0.4, 0.5) is 0 Å². The highest BCUT2D eigenvalue weighted by atomic mass is 16.6. The van der Waals surface area contributed by atoms with E-state index in [4.69, 9.17) is 18.6 Å². The smallest absolute Gasteiger partial charge is 0.311 e. The molecular weight excluding hydrogens is 392 g/mol. The number of carbonyl (C=O) groups excluding carboxylic acids is 3. The summed E-state index contributed by atoms with van der Waals surface area (Å²) in [4.78, 5) is 48.0. The Morgan fingerprint density at radius 2 is 1.27 bits per heavy atom. The second-order valence-electron chi connectivity index (χ2n) is 6.37. The number of benzene rings is 2. The molecule has 0 fully saturated rings. The molecule has 0 saturated carbocycles. The van der Waals surface area contributed by atoms with Gasteiger partial charge in [0.1, 0.15) is 16.9 Å². The van der Waals surface area contributed by atoms with Crippen LogP contribution in [0.5, 0.6) is 17.2 Å².